The van der Waals surface area contributed by atoms with Gasteiger partial charge in [-0.3, -0.25) is 0 Å². The zero-order valence-corrected chi connectivity index (χ0v) is 43.3. The maximum atomic E-state index is 2.61. The Morgan fingerprint density at radius 3 is 1.19 bits per heavy atom. The molecule has 0 aromatic heterocycles. The second-order valence-electron chi connectivity index (χ2n) is 25.4. The molecule has 0 heterocycles. The van der Waals surface area contributed by atoms with E-state index in [1.165, 1.54) is 137 Å². The van der Waals surface area contributed by atoms with E-state index >= 15 is 0 Å². The Balaban J connectivity index is 1.47. The monoisotopic (exact) mass is 885 g/mol. The van der Waals surface area contributed by atoms with E-state index in [2.05, 4.69) is 243 Å². The van der Waals surface area contributed by atoms with Gasteiger partial charge < -0.3 is 0 Å². The van der Waals surface area contributed by atoms with Crippen molar-refractivity contribution in [2.24, 2.45) is 0 Å². The molecule has 0 N–H and O–H groups in total. The molecule has 0 aliphatic carbocycles. The van der Waals surface area contributed by atoms with Crippen LogP contribution < -0.4 is 0 Å². The van der Waals surface area contributed by atoms with E-state index in [4.69, 9.17) is 0 Å². The van der Waals surface area contributed by atoms with Crippen molar-refractivity contribution in [3.8, 4) is 33.4 Å². The van der Waals surface area contributed by atoms with Crippen LogP contribution in [0.2, 0.25) is 0 Å². The van der Waals surface area contributed by atoms with Gasteiger partial charge in [-0.15, -0.1) is 0 Å². The average Bonchev–Trinajstić information content (AvgIpc) is 3.78. The van der Waals surface area contributed by atoms with Crippen LogP contribution >= 0.6 is 0 Å². The molecule has 68 heavy (non-hydrogen) atoms. The fraction of sp³-hybridized carbons (Fsp3) is 0.294. The molecule has 11 aromatic rings. The molecule has 0 amide bonds. The van der Waals surface area contributed by atoms with Crippen molar-refractivity contribution in [3.63, 3.8) is 0 Å². The summed E-state index contributed by atoms with van der Waals surface area (Å²) in [7, 11) is 0. The molecule has 340 valence electrons. The number of rotatable bonds is 3. The number of benzene rings is 9. The van der Waals surface area contributed by atoms with Gasteiger partial charge in [-0.25, -0.2) is 0 Å². The van der Waals surface area contributed by atoms with Gasteiger partial charge in [0.2, 0.25) is 0 Å². The molecule has 11 rings (SSSR count). The van der Waals surface area contributed by atoms with Crippen molar-refractivity contribution in [2.75, 3.05) is 0 Å². The van der Waals surface area contributed by atoms with Crippen LogP contribution in [0.4, 0.5) is 0 Å². The minimum absolute atomic E-state index is 0.0205. The fourth-order valence-electron chi connectivity index (χ4n) is 11.7. The third-order valence-electron chi connectivity index (χ3n) is 15.4. The maximum Gasteiger partial charge on any atom is -0.000719 e. The van der Waals surface area contributed by atoms with Crippen LogP contribution in [0.1, 0.15) is 132 Å². The van der Waals surface area contributed by atoms with Crippen molar-refractivity contribution in [2.45, 2.75) is 131 Å². The first-order valence-corrected chi connectivity index (χ1v) is 25.1. The summed E-state index contributed by atoms with van der Waals surface area (Å²) in [5.41, 5.74) is 14.5. The van der Waals surface area contributed by atoms with Gasteiger partial charge in [0.15, 0.2) is 0 Å². The van der Waals surface area contributed by atoms with Crippen molar-refractivity contribution >= 4 is 75.4 Å². The van der Waals surface area contributed by atoms with E-state index < -0.39 is 0 Å². The summed E-state index contributed by atoms with van der Waals surface area (Å²) < 4.78 is 0. The molecule has 0 bridgehead atoms. The highest BCUT2D eigenvalue weighted by molar-refractivity contribution is 6.45. The molecule has 0 fully saturated rings. The van der Waals surface area contributed by atoms with Crippen molar-refractivity contribution in [1.29, 1.82) is 0 Å². The standard InChI is InChI=1S/C68H68/c1-64(2,3)41-32-39(33-42(36-41)65(4,5)6)57-55-38-54-46-23-17-16-22-45(46)49-25-20-27-51(60(49)54)61(55)58(40-34-43(66(7,8)9)37-44(35-40)67(10,11)12)63-52-28-21-26-50-47(30-31-53(59(50)52)62(57)63)48-24-18-19-29-56(48)68(13,14)15/h16-38H,1-15H3. The van der Waals surface area contributed by atoms with Crippen LogP contribution in [-0.2, 0) is 27.1 Å². The molecule has 0 spiro atoms. The van der Waals surface area contributed by atoms with Gasteiger partial charge in [-0.2, -0.15) is 0 Å². The molecule has 0 unspecified atom stereocenters. The Hall–Kier alpha value is -6.24. The van der Waals surface area contributed by atoms with Gasteiger partial charge in [0.25, 0.3) is 0 Å². The average molecular weight is 885 g/mol. The highest BCUT2D eigenvalue weighted by Crippen LogP contribution is 2.56. The minimum atomic E-state index is -0.0586. The maximum absolute atomic E-state index is 2.61. The molecule has 11 aromatic carbocycles. The Kier molecular flexibility index (Phi) is 9.53. The normalized spacial score (nSPS) is 13.5. The molecule has 0 heteroatoms. The molecule has 0 aliphatic heterocycles. The third-order valence-corrected chi connectivity index (χ3v) is 15.4. The van der Waals surface area contributed by atoms with Crippen molar-refractivity contribution in [3.05, 3.63) is 167 Å². The lowest BCUT2D eigenvalue weighted by Gasteiger charge is -2.28. The molecule has 0 nitrogen and oxygen atoms in total. The van der Waals surface area contributed by atoms with E-state index in [1.54, 1.807) is 0 Å². The zero-order valence-electron chi connectivity index (χ0n) is 43.3. The third kappa shape index (κ3) is 6.76. The second-order valence-corrected chi connectivity index (χ2v) is 25.4. The smallest absolute Gasteiger partial charge is 0.000719 e. The number of hydrogen-bond donors (Lipinski definition) is 0. The summed E-state index contributed by atoms with van der Waals surface area (Å²) >= 11 is 0. The predicted octanol–water partition coefficient (Wildman–Crippen LogP) is 20.1. The topological polar surface area (TPSA) is 0 Å². The van der Waals surface area contributed by atoms with Crippen molar-refractivity contribution < 1.29 is 0 Å². The molecular weight excluding hydrogens is 817 g/mol. The Labute approximate surface area is 405 Å². The highest BCUT2D eigenvalue weighted by Gasteiger charge is 2.31. The molecule has 0 radical (unpaired) electrons. The van der Waals surface area contributed by atoms with Gasteiger partial charge in [-0.05, 0) is 170 Å². The predicted molar refractivity (Wildman–Crippen MR) is 301 cm³/mol. The number of fused-ring (bicyclic) bond motifs is 8. The van der Waals surface area contributed by atoms with Gasteiger partial charge >= 0.3 is 0 Å². The second kappa shape index (κ2) is 14.6. The van der Waals surface area contributed by atoms with Crippen LogP contribution in [0.5, 0.6) is 0 Å². The van der Waals surface area contributed by atoms with Crippen LogP contribution in [0.15, 0.2) is 140 Å². The van der Waals surface area contributed by atoms with Gasteiger partial charge in [-0.1, -0.05) is 237 Å². The Morgan fingerprint density at radius 1 is 0.235 bits per heavy atom. The van der Waals surface area contributed by atoms with Crippen molar-refractivity contribution in [1.82, 2.24) is 0 Å². The minimum Gasteiger partial charge on any atom is -0.0619 e. The molecule has 0 saturated carbocycles. The summed E-state index contributed by atoms with van der Waals surface area (Å²) in [5, 5.41) is 18.7. The first-order chi connectivity index (χ1) is 31.9. The fourth-order valence-corrected chi connectivity index (χ4v) is 11.7. The molecule has 0 saturated heterocycles. The zero-order chi connectivity index (χ0) is 48.2. The van der Waals surface area contributed by atoms with Gasteiger partial charge in [0, 0.05) is 0 Å². The SMILES string of the molecule is CC(C)(C)c1cc(-c2c3cc4c5ccccc5c5cccc(c3c(-c3cc(C(C)(C)C)cc(C(C)(C)C)c3)c3c6cccc7c(-c8ccccc8C(C)(C)C)ccc(c23)c76)c54)cc(C(C)(C)C)c1. The summed E-state index contributed by atoms with van der Waals surface area (Å²) in [4.78, 5) is 0. The highest BCUT2D eigenvalue weighted by atomic mass is 14.3. The van der Waals surface area contributed by atoms with E-state index in [9.17, 15) is 0 Å². The number of hydrogen-bond acceptors (Lipinski definition) is 0. The first-order valence-electron chi connectivity index (χ1n) is 25.1. The lowest BCUT2D eigenvalue weighted by Crippen LogP contribution is -2.16. The van der Waals surface area contributed by atoms with E-state index in [0.717, 1.165) is 0 Å². The first kappa shape index (κ1) is 44.3. The molecule has 0 atom stereocenters. The lowest BCUT2D eigenvalue weighted by atomic mass is 9.76. The van der Waals surface area contributed by atoms with Crippen LogP contribution in [-0.4, -0.2) is 0 Å². The lowest BCUT2D eigenvalue weighted by molar-refractivity contribution is 0.568. The van der Waals surface area contributed by atoms with Crippen LogP contribution in [0.25, 0.3) is 109 Å². The van der Waals surface area contributed by atoms with Crippen LogP contribution in [0, 0.1) is 0 Å². The Morgan fingerprint density at radius 2 is 0.647 bits per heavy atom. The van der Waals surface area contributed by atoms with E-state index in [-0.39, 0.29) is 27.1 Å². The summed E-state index contributed by atoms with van der Waals surface area (Å²) in [6, 6.07) is 55.2. The Bertz CT molecular complexity index is 3770. The van der Waals surface area contributed by atoms with E-state index in [0.29, 0.717) is 0 Å². The largest absolute Gasteiger partial charge is 0.0619 e. The molecule has 0 aliphatic rings. The van der Waals surface area contributed by atoms with Gasteiger partial charge in [0.05, 0.1) is 0 Å². The van der Waals surface area contributed by atoms with Crippen LogP contribution in [0.3, 0.4) is 0 Å². The quantitative estimate of drug-likeness (QED) is 0.155. The summed E-state index contributed by atoms with van der Waals surface area (Å²) in [6.45, 7) is 35.5. The molecular formula is C68H68. The summed E-state index contributed by atoms with van der Waals surface area (Å²) in [6.07, 6.45) is 0. The van der Waals surface area contributed by atoms with E-state index in [1.807, 2.05) is 0 Å². The van der Waals surface area contributed by atoms with Gasteiger partial charge in [0.1, 0.15) is 0 Å². The summed E-state index contributed by atoms with van der Waals surface area (Å²) in [5.74, 6) is 0.